The number of para-hydroxylation sites is 1. The van der Waals surface area contributed by atoms with Gasteiger partial charge in [-0.3, -0.25) is 0 Å². The first-order valence-corrected chi connectivity index (χ1v) is 8.07. The molecule has 0 saturated heterocycles. The second-order valence-corrected chi connectivity index (χ2v) is 6.35. The van der Waals surface area contributed by atoms with Gasteiger partial charge in [-0.2, -0.15) is 0 Å². The highest BCUT2D eigenvalue weighted by atomic mass is 16.5. The number of benzene rings is 1. The molecule has 1 N–H and O–H groups in total. The number of hydrogen-bond donors (Lipinski definition) is 1. The smallest absolute Gasteiger partial charge is 0.124 e. The van der Waals surface area contributed by atoms with E-state index in [0.717, 1.165) is 12.3 Å². The minimum Gasteiger partial charge on any atom is -0.494 e. The Labute approximate surface area is 130 Å². The van der Waals surface area contributed by atoms with Crippen LogP contribution in [0.5, 0.6) is 5.75 Å². The van der Waals surface area contributed by atoms with E-state index in [0.29, 0.717) is 24.6 Å². The maximum absolute atomic E-state index is 5.73. The van der Waals surface area contributed by atoms with Gasteiger partial charge in [0, 0.05) is 24.2 Å². The molecule has 3 heteroatoms. The Morgan fingerprint density at radius 1 is 1.14 bits per heavy atom. The molecule has 0 aromatic heterocycles. The standard InChI is InChI=1S/C18H32N2O/c1-7-21-18-11-9-8-10-17(18)15(4)19-13-16(20(5)6)12-14(2)3/h8-11,14-16,19H,7,12-13H2,1-6H3. The molecule has 120 valence electrons. The molecule has 3 nitrogen and oxygen atoms in total. The van der Waals surface area contributed by atoms with Crippen LogP contribution in [-0.4, -0.2) is 38.2 Å². The predicted octanol–water partition coefficient (Wildman–Crippen LogP) is 3.71. The Morgan fingerprint density at radius 3 is 2.38 bits per heavy atom. The van der Waals surface area contributed by atoms with Crippen LogP contribution in [-0.2, 0) is 0 Å². The molecule has 0 radical (unpaired) electrons. The summed E-state index contributed by atoms with van der Waals surface area (Å²) in [5.74, 6) is 1.70. The van der Waals surface area contributed by atoms with Crippen LogP contribution in [0.25, 0.3) is 0 Å². The van der Waals surface area contributed by atoms with Crippen LogP contribution < -0.4 is 10.1 Å². The fourth-order valence-corrected chi connectivity index (χ4v) is 2.57. The lowest BCUT2D eigenvalue weighted by Crippen LogP contribution is -2.39. The summed E-state index contributed by atoms with van der Waals surface area (Å²) >= 11 is 0. The first-order chi connectivity index (χ1) is 9.95. The van der Waals surface area contributed by atoms with E-state index >= 15 is 0 Å². The van der Waals surface area contributed by atoms with Crippen molar-refractivity contribution in [2.24, 2.45) is 5.92 Å². The van der Waals surface area contributed by atoms with Crippen LogP contribution in [0.2, 0.25) is 0 Å². The number of nitrogens with one attached hydrogen (secondary N) is 1. The molecule has 0 bridgehead atoms. The summed E-state index contributed by atoms with van der Waals surface area (Å²) in [4.78, 5) is 2.31. The normalized spacial score (nSPS) is 14.5. The van der Waals surface area contributed by atoms with Crippen molar-refractivity contribution in [3.8, 4) is 5.75 Å². The molecule has 0 aliphatic heterocycles. The van der Waals surface area contributed by atoms with E-state index in [-0.39, 0.29) is 0 Å². The molecule has 0 saturated carbocycles. The average molecular weight is 292 g/mol. The van der Waals surface area contributed by atoms with Crippen LogP contribution in [0.1, 0.15) is 45.7 Å². The van der Waals surface area contributed by atoms with Gasteiger partial charge in [0.2, 0.25) is 0 Å². The SMILES string of the molecule is CCOc1ccccc1C(C)NCC(CC(C)C)N(C)C. The van der Waals surface area contributed by atoms with Crippen molar-refractivity contribution in [1.82, 2.24) is 10.2 Å². The molecule has 0 aliphatic rings. The summed E-state index contributed by atoms with van der Waals surface area (Å²) in [6.45, 7) is 10.5. The molecular formula is C18H32N2O. The van der Waals surface area contributed by atoms with E-state index in [1.165, 1.54) is 12.0 Å². The second-order valence-electron chi connectivity index (χ2n) is 6.35. The quantitative estimate of drug-likeness (QED) is 0.751. The van der Waals surface area contributed by atoms with Gasteiger partial charge in [0.05, 0.1) is 6.61 Å². The molecule has 1 rings (SSSR count). The Morgan fingerprint density at radius 2 is 1.81 bits per heavy atom. The van der Waals surface area contributed by atoms with E-state index in [1.807, 2.05) is 13.0 Å². The minimum atomic E-state index is 0.294. The molecule has 1 aromatic carbocycles. The predicted molar refractivity (Wildman–Crippen MR) is 91.0 cm³/mol. The Bertz CT molecular complexity index is 404. The molecule has 0 aliphatic carbocycles. The maximum atomic E-state index is 5.73. The molecule has 1 aromatic rings. The molecule has 0 fully saturated rings. The first kappa shape index (κ1) is 18.0. The number of likely N-dealkylation sites (N-methyl/N-ethyl adjacent to an activating group) is 1. The van der Waals surface area contributed by atoms with Crippen molar-refractivity contribution < 1.29 is 4.74 Å². The molecule has 2 unspecified atom stereocenters. The molecule has 0 amide bonds. The van der Waals surface area contributed by atoms with Gasteiger partial charge in [0.1, 0.15) is 5.75 Å². The van der Waals surface area contributed by atoms with Crippen molar-refractivity contribution in [2.45, 2.75) is 46.2 Å². The fraction of sp³-hybridized carbons (Fsp3) is 0.667. The zero-order valence-corrected chi connectivity index (χ0v) is 14.5. The van der Waals surface area contributed by atoms with E-state index in [1.54, 1.807) is 0 Å². The molecule has 0 heterocycles. The molecule has 21 heavy (non-hydrogen) atoms. The fourth-order valence-electron chi connectivity index (χ4n) is 2.57. The Kier molecular flexibility index (Phi) is 7.76. The highest BCUT2D eigenvalue weighted by Gasteiger charge is 2.16. The summed E-state index contributed by atoms with van der Waals surface area (Å²) in [5, 5.41) is 3.66. The summed E-state index contributed by atoms with van der Waals surface area (Å²) in [6, 6.07) is 9.16. The lowest BCUT2D eigenvalue weighted by atomic mass is 10.0. The van der Waals surface area contributed by atoms with Crippen molar-refractivity contribution in [1.29, 1.82) is 0 Å². The summed E-state index contributed by atoms with van der Waals surface area (Å²) in [6.07, 6.45) is 1.21. The number of hydrogen-bond acceptors (Lipinski definition) is 3. The van der Waals surface area contributed by atoms with Gasteiger partial charge < -0.3 is 15.0 Å². The minimum absolute atomic E-state index is 0.294. The van der Waals surface area contributed by atoms with Gasteiger partial charge in [-0.05, 0) is 46.3 Å². The molecular weight excluding hydrogens is 260 g/mol. The zero-order valence-electron chi connectivity index (χ0n) is 14.5. The second kappa shape index (κ2) is 9.06. The summed E-state index contributed by atoms with van der Waals surface area (Å²) < 4.78 is 5.73. The van der Waals surface area contributed by atoms with Crippen molar-refractivity contribution in [2.75, 3.05) is 27.2 Å². The first-order valence-electron chi connectivity index (χ1n) is 8.07. The third-order valence-corrected chi connectivity index (χ3v) is 3.82. The highest BCUT2D eigenvalue weighted by molar-refractivity contribution is 5.35. The largest absolute Gasteiger partial charge is 0.494 e. The maximum Gasteiger partial charge on any atom is 0.124 e. The van der Waals surface area contributed by atoms with Crippen LogP contribution >= 0.6 is 0 Å². The Hall–Kier alpha value is -1.06. The van der Waals surface area contributed by atoms with Gasteiger partial charge in [0.15, 0.2) is 0 Å². The van der Waals surface area contributed by atoms with Crippen molar-refractivity contribution >= 4 is 0 Å². The van der Waals surface area contributed by atoms with Crippen LogP contribution in [0.4, 0.5) is 0 Å². The third kappa shape index (κ3) is 6.06. The van der Waals surface area contributed by atoms with E-state index in [9.17, 15) is 0 Å². The average Bonchev–Trinajstić information content (AvgIpc) is 2.43. The lowest BCUT2D eigenvalue weighted by molar-refractivity contribution is 0.241. The van der Waals surface area contributed by atoms with Crippen LogP contribution in [0.3, 0.4) is 0 Å². The van der Waals surface area contributed by atoms with Crippen LogP contribution in [0, 0.1) is 5.92 Å². The van der Waals surface area contributed by atoms with Gasteiger partial charge in [0.25, 0.3) is 0 Å². The van der Waals surface area contributed by atoms with Crippen molar-refractivity contribution in [3.05, 3.63) is 29.8 Å². The molecule has 2 atom stereocenters. The number of nitrogens with zero attached hydrogens (tertiary/aromatic N) is 1. The topological polar surface area (TPSA) is 24.5 Å². The number of ether oxygens (including phenoxy) is 1. The van der Waals surface area contributed by atoms with Gasteiger partial charge in [-0.25, -0.2) is 0 Å². The van der Waals surface area contributed by atoms with Crippen LogP contribution in [0.15, 0.2) is 24.3 Å². The summed E-state index contributed by atoms with van der Waals surface area (Å²) in [5.41, 5.74) is 1.24. The lowest BCUT2D eigenvalue weighted by Gasteiger charge is -2.28. The van der Waals surface area contributed by atoms with E-state index < -0.39 is 0 Å². The van der Waals surface area contributed by atoms with Gasteiger partial charge in [-0.15, -0.1) is 0 Å². The monoisotopic (exact) mass is 292 g/mol. The number of rotatable bonds is 9. The third-order valence-electron chi connectivity index (χ3n) is 3.82. The Balaban J connectivity index is 2.65. The van der Waals surface area contributed by atoms with Gasteiger partial charge >= 0.3 is 0 Å². The van der Waals surface area contributed by atoms with E-state index in [2.05, 4.69) is 63.3 Å². The van der Waals surface area contributed by atoms with Gasteiger partial charge in [-0.1, -0.05) is 32.0 Å². The van der Waals surface area contributed by atoms with E-state index in [4.69, 9.17) is 4.74 Å². The van der Waals surface area contributed by atoms with Crippen molar-refractivity contribution in [3.63, 3.8) is 0 Å². The molecule has 0 spiro atoms. The zero-order chi connectivity index (χ0) is 15.8. The highest BCUT2D eigenvalue weighted by Crippen LogP contribution is 2.25. The summed E-state index contributed by atoms with van der Waals surface area (Å²) in [7, 11) is 4.32.